The third-order valence-corrected chi connectivity index (χ3v) is 4.84. The predicted molar refractivity (Wildman–Crippen MR) is 92.4 cm³/mol. The van der Waals surface area contributed by atoms with Crippen LogP contribution in [-0.4, -0.2) is 26.6 Å². The van der Waals surface area contributed by atoms with Gasteiger partial charge in [0.1, 0.15) is 5.82 Å². The Morgan fingerprint density at radius 2 is 1.71 bits per heavy atom. The molecule has 0 atom stereocenters. The van der Waals surface area contributed by atoms with Gasteiger partial charge in [0.2, 0.25) is 5.91 Å². The molecule has 0 heterocycles. The van der Waals surface area contributed by atoms with Crippen LogP contribution in [0.4, 0.5) is 4.39 Å². The molecule has 0 aliphatic heterocycles. The quantitative estimate of drug-likeness (QED) is 0.783. The predicted octanol–water partition coefficient (Wildman–Crippen LogP) is 2.57. The van der Waals surface area contributed by atoms with Crippen molar-refractivity contribution in [3.05, 3.63) is 77.6 Å². The number of carbonyl (C=O) groups excluding carboxylic acids is 1. The molecule has 0 bridgehead atoms. The molecule has 2 aromatic carbocycles. The van der Waals surface area contributed by atoms with E-state index in [1.165, 1.54) is 24.3 Å². The second kappa shape index (κ2) is 8.40. The molecular weight excluding hydrogens is 329 g/mol. The van der Waals surface area contributed by atoms with Crippen LogP contribution < -0.4 is 5.32 Å². The maximum absolute atomic E-state index is 12.8. The summed E-state index contributed by atoms with van der Waals surface area (Å²) in [7, 11) is -3.28. The van der Waals surface area contributed by atoms with Crippen molar-refractivity contribution in [2.24, 2.45) is 0 Å². The summed E-state index contributed by atoms with van der Waals surface area (Å²) in [5.41, 5.74) is 1.41. The maximum Gasteiger partial charge on any atom is 0.244 e. The van der Waals surface area contributed by atoms with Crippen molar-refractivity contribution in [1.82, 2.24) is 5.32 Å². The first-order valence-corrected chi connectivity index (χ1v) is 9.22. The molecular formula is C18H18FNO3S. The van der Waals surface area contributed by atoms with Gasteiger partial charge >= 0.3 is 0 Å². The number of rotatable bonds is 7. The van der Waals surface area contributed by atoms with Crippen LogP contribution in [0.2, 0.25) is 0 Å². The molecule has 2 aromatic rings. The zero-order valence-electron chi connectivity index (χ0n) is 13.0. The highest BCUT2D eigenvalue weighted by atomic mass is 32.2. The summed E-state index contributed by atoms with van der Waals surface area (Å²) in [6.45, 7) is 0.0434. The molecule has 0 saturated carbocycles. The Hall–Kier alpha value is -2.47. The van der Waals surface area contributed by atoms with E-state index in [9.17, 15) is 17.6 Å². The fourth-order valence-corrected chi connectivity index (χ4v) is 3.29. The molecule has 1 amide bonds. The smallest absolute Gasteiger partial charge is 0.244 e. The van der Waals surface area contributed by atoms with Crippen molar-refractivity contribution in [2.75, 3.05) is 12.3 Å². The minimum absolute atomic E-state index is 0.0434. The SMILES string of the molecule is O=C(/C=C\c1ccc(F)cc1)NCCS(=O)(=O)Cc1ccccc1. The number of halogens is 1. The molecule has 126 valence electrons. The van der Waals surface area contributed by atoms with Crippen molar-refractivity contribution in [3.63, 3.8) is 0 Å². The molecule has 0 spiro atoms. The van der Waals surface area contributed by atoms with Gasteiger partial charge in [-0.25, -0.2) is 12.8 Å². The number of benzene rings is 2. The van der Waals surface area contributed by atoms with E-state index in [0.29, 0.717) is 5.56 Å². The van der Waals surface area contributed by atoms with E-state index in [2.05, 4.69) is 5.32 Å². The topological polar surface area (TPSA) is 63.2 Å². The third kappa shape index (κ3) is 6.34. The van der Waals surface area contributed by atoms with Crippen molar-refractivity contribution in [1.29, 1.82) is 0 Å². The average molecular weight is 347 g/mol. The Morgan fingerprint density at radius 3 is 2.38 bits per heavy atom. The maximum atomic E-state index is 12.8. The molecule has 6 heteroatoms. The standard InChI is InChI=1S/C18H18FNO3S/c19-17-9-6-15(7-10-17)8-11-18(21)20-12-13-24(22,23)14-16-4-2-1-3-5-16/h1-11H,12-14H2,(H,20,21)/b11-8-. The van der Waals surface area contributed by atoms with E-state index in [4.69, 9.17) is 0 Å². The summed E-state index contributed by atoms with van der Waals surface area (Å²) in [6, 6.07) is 14.6. The fraction of sp³-hybridized carbons (Fsp3) is 0.167. The van der Waals surface area contributed by atoms with Crippen molar-refractivity contribution < 1.29 is 17.6 Å². The molecule has 0 aliphatic rings. The fourth-order valence-electron chi connectivity index (χ4n) is 2.03. The van der Waals surface area contributed by atoms with E-state index in [1.807, 2.05) is 6.07 Å². The van der Waals surface area contributed by atoms with E-state index in [-0.39, 0.29) is 23.9 Å². The molecule has 0 radical (unpaired) electrons. The molecule has 1 N–H and O–H groups in total. The van der Waals surface area contributed by atoms with Crippen molar-refractivity contribution in [3.8, 4) is 0 Å². The first kappa shape index (κ1) is 17.9. The van der Waals surface area contributed by atoms with Gasteiger partial charge in [-0.1, -0.05) is 42.5 Å². The van der Waals surface area contributed by atoms with E-state index in [0.717, 1.165) is 5.56 Å². The third-order valence-electron chi connectivity index (χ3n) is 3.24. The van der Waals surface area contributed by atoms with Crippen LogP contribution in [0, 0.1) is 5.82 Å². The molecule has 0 unspecified atom stereocenters. The first-order chi connectivity index (χ1) is 11.4. The minimum atomic E-state index is -3.28. The summed E-state index contributed by atoms with van der Waals surface area (Å²) in [6.07, 6.45) is 2.82. The second-order valence-electron chi connectivity index (χ2n) is 5.25. The Kier molecular flexibility index (Phi) is 6.26. The zero-order chi connectivity index (χ0) is 17.4. The lowest BCUT2D eigenvalue weighted by atomic mass is 10.2. The first-order valence-electron chi connectivity index (χ1n) is 7.40. The summed E-state index contributed by atoms with van der Waals surface area (Å²) < 4.78 is 36.7. The Balaban J connectivity index is 1.78. The number of carbonyl (C=O) groups is 1. The Labute approximate surface area is 140 Å². The normalized spacial score (nSPS) is 11.5. The molecule has 0 aliphatic carbocycles. The lowest BCUT2D eigenvalue weighted by Gasteiger charge is -2.05. The number of nitrogens with one attached hydrogen (secondary N) is 1. The van der Waals surface area contributed by atoms with Crippen molar-refractivity contribution in [2.45, 2.75) is 5.75 Å². The van der Waals surface area contributed by atoms with Gasteiger partial charge in [-0.15, -0.1) is 0 Å². The van der Waals surface area contributed by atoms with Gasteiger partial charge in [0.25, 0.3) is 0 Å². The number of hydrogen-bond acceptors (Lipinski definition) is 3. The molecule has 0 fully saturated rings. The van der Waals surface area contributed by atoms with Gasteiger partial charge < -0.3 is 5.32 Å². The van der Waals surface area contributed by atoms with Gasteiger partial charge in [0, 0.05) is 12.6 Å². The van der Waals surface area contributed by atoms with Crippen LogP contribution in [0.25, 0.3) is 6.08 Å². The van der Waals surface area contributed by atoms with E-state index in [1.54, 1.807) is 36.4 Å². The van der Waals surface area contributed by atoms with Crippen molar-refractivity contribution >= 4 is 21.8 Å². The van der Waals surface area contributed by atoms with Crippen LogP contribution in [0.5, 0.6) is 0 Å². The highest BCUT2D eigenvalue weighted by Gasteiger charge is 2.11. The van der Waals surface area contributed by atoms with Crippen LogP contribution in [-0.2, 0) is 20.4 Å². The molecule has 4 nitrogen and oxygen atoms in total. The monoisotopic (exact) mass is 347 g/mol. The average Bonchev–Trinajstić information content (AvgIpc) is 2.54. The molecule has 0 saturated heterocycles. The van der Waals surface area contributed by atoms with Gasteiger partial charge in [-0.05, 0) is 29.3 Å². The van der Waals surface area contributed by atoms with Crippen LogP contribution in [0.3, 0.4) is 0 Å². The van der Waals surface area contributed by atoms with E-state index >= 15 is 0 Å². The number of amides is 1. The van der Waals surface area contributed by atoms with Gasteiger partial charge in [0.15, 0.2) is 9.84 Å². The lowest BCUT2D eigenvalue weighted by Crippen LogP contribution is -2.28. The van der Waals surface area contributed by atoms with Crippen LogP contribution >= 0.6 is 0 Å². The summed E-state index contributed by atoms with van der Waals surface area (Å²) in [4.78, 5) is 11.7. The van der Waals surface area contributed by atoms with Gasteiger partial charge in [-0.3, -0.25) is 4.79 Å². The van der Waals surface area contributed by atoms with Gasteiger partial charge in [0.05, 0.1) is 11.5 Å². The molecule has 2 rings (SSSR count). The van der Waals surface area contributed by atoms with Gasteiger partial charge in [-0.2, -0.15) is 0 Å². The summed E-state index contributed by atoms with van der Waals surface area (Å²) >= 11 is 0. The number of hydrogen-bond donors (Lipinski definition) is 1. The summed E-state index contributed by atoms with van der Waals surface area (Å²) in [5.74, 6) is -0.915. The zero-order valence-corrected chi connectivity index (χ0v) is 13.8. The molecule has 24 heavy (non-hydrogen) atoms. The largest absolute Gasteiger partial charge is 0.352 e. The minimum Gasteiger partial charge on any atom is -0.352 e. The Morgan fingerprint density at radius 1 is 1.04 bits per heavy atom. The highest BCUT2D eigenvalue weighted by Crippen LogP contribution is 2.06. The Bertz CT molecular complexity index is 800. The second-order valence-corrected chi connectivity index (χ2v) is 7.44. The summed E-state index contributed by atoms with van der Waals surface area (Å²) in [5, 5.41) is 2.53. The van der Waals surface area contributed by atoms with E-state index < -0.39 is 15.7 Å². The molecule has 0 aromatic heterocycles. The van der Waals surface area contributed by atoms with Crippen LogP contribution in [0.15, 0.2) is 60.7 Å². The number of sulfone groups is 1. The highest BCUT2D eigenvalue weighted by molar-refractivity contribution is 7.90. The lowest BCUT2D eigenvalue weighted by molar-refractivity contribution is -0.116. The van der Waals surface area contributed by atoms with Crippen LogP contribution in [0.1, 0.15) is 11.1 Å².